The van der Waals surface area contributed by atoms with E-state index in [4.69, 9.17) is 14.7 Å². The van der Waals surface area contributed by atoms with Crippen molar-refractivity contribution in [2.24, 2.45) is 0 Å². The number of aromatic hydroxyl groups is 1. The van der Waals surface area contributed by atoms with Gasteiger partial charge >= 0.3 is 0 Å². The average molecular weight is 425 g/mol. The van der Waals surface area contributed by atoms with Crippen LogP contribution in [0, 0.1) is 29.9 Å². The molecule has 9 heteroatoms. The number of aromatic nitrogens is 1. The number of pyridine rings is 1. The summed E-state index contributed by atoms with van der Waals surface area (Å²) < 4.78 is 39.9. The molecule has 1 aromatic heterocycles. The molecule has 0 bridgehead atoms. The van der Waals surface area contributed by atoms with Gasteiger partial charge in [0.1, 0.15) is 5.75 Å². The minimum atomic E-state index is -1.09. The van der Waals surface area contributed by atoms with Gasteiger partial charge in [0, 0.05) is 31.3 Å². The normalized spacial score (nSPS) is 10.3. The molecular formula is C22H17F2N3O4. The molecule has 0 atom stereocenters. The number of nitriles is 1. The van der Waals surface area contributed by atoms with Crippen LogP contribution in [0.4, 0.5) is 8.78 Å². The molecule has 0 aliphatic carbocycles. The lowest BCUT2D eigenvalue weighted by Gasteiger charge is -2.14. The fraction of sp³-hybridized carbons (Fsp3) is 0.136. The van der Waals surface area contributed by atoms with Gasteiger partial charge in [0.15, 0.2) is 23.1 Å². The molecule has 1 N–H and O–H groups in total. The highest BCUT2D eigenvalue weighted by Gasteiger charge is 2.22. The Kier molecular flexibility index (Phi) is 6.02. The van der Waals surface area contributed by atoms with E-state index in [-0.39, 0.29) is 28.7 Å². The van der Waals surface area contributed by atoms with Crippen molar-refractivity contribution in [3.63, 3.8) is 0 Å². The number of phenolic OH excluding ortho intramolecular Hbond substituents is 1. The van der Waals surface area contributed by atoms with E-state index < -0.39 is 29.0 Å². The monoisotopic (exact) mass is 425 g/mol. The number of benzene rings is 2. The molecule has 1 amide bonds. The molecule has 0 saturated carbocycles. The van der Waals surface area contributed by atoms with E-state index in [1.165, 1.54) is 42.2 Å². The quantitative estimate of drug-likeness (QED) is 0.645. The standard InChI is InChI=1S/C22H17F2N3O4/c1-12-18(23)20(30-15-6-4-5-14(10-15)22(29)27(2)3)26-21(19(12)24)31-17-9-13(11-25)7-8-16(17)28/h4-10,28H,1-3H3. The van der Waals surface area contributed by atoms with Crippen LogP contribution in [0.3, 0.4) is 0 Å². The molecule has 158 valence electrons. The number of carbonyl (C=O) groups is 1. The second kappa shape index (κ2) is 8.67. The van der Waals surface area contributed by atoms with Gasteiger partial charge in [-0.1, -0.05) is 6.07 Å². The molecule has 0 spiro atoms. The van der Waals surface area contributed by atoms with Gasteiger partial charge in [-0.25, -0.2) is 8.78 Å². The van der Waals surface area contributed by atoms with Crippen molar-refractivity contribution in [2.75, 3.05) is 14.1 Å². The molecule has 0 unspecified atom stereocenters. The van der Waals surface area contributed by atoms with Gasteiger partial charge in [0.05, 0.1) is 11.6 Å². The van der Waals surface area contributed by atoms with Gasteiger partial charge in [-0.15, -0.1) is 0 Å². The van der Waals surface area contributed by atoms with Gasteiger partial charge in [0.25, 0.3) is 17.7 Å². The third-order valence-corrected chi connectivity index (χ3v) is 4.23. The number of hydrogen-bond donors (Lipinski definition) is 1. The summed E-state index contributed by atoms with van der Waals surface area (Å²) >= 11 is 0. The molecule has 3 aromatic rings. The molecule has 0 radical (unpaired) electrons. The van der Waals surface area contributed by atoms with Gasteiger partial charge in [-0.2, -0.15) is 10.2 Å². The highest BCUT2D eigenvalue weighted by atomic mass is 19.1. The lowest BCUT2D eigenvalue weighted by molar-refractivity contribution is 0.0827. The number of ether oxygens (including phenoxy) is 2. The molecule has 0 aliphatic rings. The zero-order valence-electron chi connectivity index (χ0n) is 16.8. The van der Waals surface area contributed by atoms with Crippen LogP contribution in [0.25, 0.3) is 0 Å². The summed E-state index contributed by atoms with van der Waals surface area (Å²) in [6, 6.07) is 11.6. The number of amides is 1. The first-order valence-corrected chi connectivity index (χ1v) is 8.97. The average Bonchev–Trinajstić information content (AvgIpc) is 2.76. The van der Waals surface area contributed by atoms with Crippen molar-refractivity contribution in [2.45, 2.75) is 6.92 Å². The Balaban J connectivity index is 1.98. The fourth-order valence-corrected chi connectivity index (χ4v) is 2.57. The second-order valence-electron chi connectivity index (χ2n) is 6.70. The van der Waals surface area contributed by atoms with Crippen molar-refractivity contribution < 1.29 is 28.2 Å². The molecule has 2 aromatic carbocycles. The SMILES string of the molecule is Cc1c(F)c(Oc2cccc(C(=O)N(C)C)c2)nc(Oc2cc(C#N)ccc2O)c1F. The molecule has 7 nitrogen and oxygen atoms in total. The van der Waals surface area contributed by atoms with E-state index in [1.54, 1.807) is 26.2 Å². The molecule has 0 fully saturated rings. The molecular weight excluding hydrogens is 408 g/mol. The summed E-state index contributed by atoms with van der Waals surface area (Å²) in [5.41, 5.74) is 0.0406. The highest BCUT2D eigenvalue weighted by molar-refractivity contribution is 5.94. The maximum absolute atomic E-state index is 14.6. The smallest absolute Gasteiger partial charge is 0.259 e. The first-order valence-electron chi connectivity index (χ1n) is 8.97. The third-order valence-electron chi connectivity index (χ3n) is 4.23. The maximum Gasteiger partial charge on any atom is 0.259 e. The highest BCUT2D eigenvalue weighted by Crippen LogP contribution is 2.36. The Morgan fingerprint density at radius 1 is 1.10 bits per heavy atom. The Morgan fingerprint density at radius 3 is 2.42 bits per heavy atom. The number of carbonyl (C=O) groups excluding carboxylic acids is 1. The van der Waals surface area contributed by atoms with Gasteiger partial charge in [-0.3, -0.25) is 4.79 Å². The lowest BCUT2D eigenvalue weighted by Crippen LogP contribution is -2.21. The topological polar surface area (TPSA) is 95.7 Å². The minimum absolute atomic E-state index is 0.102. The van der Waals surface area contributed by atoms with Crippen molar-refractivity contribution >= 4 is 5.91 Å². The number of hydrogen-bond acceptors (Lipinski definition) is 6. The van der Waals surface area contributed by atoms with Crippen LogP contribution < -0.4 is 9.47 Å². The van der Waals surface area contributed by atoms with Crippen molar-refractivity contribution in [3.8, 4) is 35.1 Å². The molecule has 0 aliphatic heterocycles. The summed E-state index contributed by atoms with van der Waals surface area (Å²) in [6.07, 6.45) is 0. The minimum Gasteiger partial charge on any atom is -0.504 e. The molecule has 1 heterocycles. The number of halogens is 2. The summed E-state index contributed by atoms with van der Waals surface area (Å²) in [5, 5.41) is 18.9. The predicted octanol–water partition coefficient (Wildman–Crippen LogP) is 4.53. The van der Waals surface area contributed by atoms with Crippen LogP contribution >= 0.6 is 0 Å². The first-order chi connectivity index (χ1) is 14.7. The van der Waals surface area contributed by atoms with E-state index in [0.29, 0.717) is 5.56 Å². The summed E-state index contributed by atoms with van der Waals surface area (Å²) in [4.78, 5) is 17.2. The van der Waals surface area contributed by atoms with E-state index in [0.717, 1.165) is 0 Å². The van der Waals surface area contributed by atoms with E-state index >= 15 is 0 Å². The van der Waals surface area contributed by atoms with Crippen molar-refractivity contribution in [1.29, 1.82) is 5.26 Å². The maximum atomic E-state index is 14.6. The van der Waals surface area contributed by atoms with Crippen LogP contribution in [-0.2, 0) is 0 Å². The summed E-state index contributed by atoms with van der Waals surface area (Å²) in [5.74, 6) is -4.16. The second-order valence-corrected chi connectivity index (χ2v) is 6.70. The van der Waals surface area contributed by atoms with Crippen molar-refractivity contribution in [1.82, 2.24) is 9.88 Å². The Labute approximate surface area is 176 Å². The van der Waals surface area contributed by atoms with Gasteiger partial charge < -0.3 is 19.5 Å². The van der Waals surface area contributed by atoms with Crippen LogP contribution in [0.15, 0.2) is 42.5 Å². The predicted molar refractivity (Wildman–Crippen MR) is 106 cm³/mol. The van der Waals surface area contributed by atoms with Gasteiger partial charge in [0.2, 0.25) is 0 Å². The van der Waals surface area contributed by atoms with Crippen LogP contribution in [0.1, 0.15) is 21.5 Å². The first kappa shape index (κ1) is 21.5. The number of nitrogens with zero attached hydrogens (tertiary/aromatic N) is 3. The van der Waals surface area contributed by atoms with E-state index in [1.807, 2.05) is 6.07 Å². The molecule has 31 heavy (non-hydrogen) atoms. The summed E-state index contributed by atoms with van der Waals surface area (Å²) in [6.45, 7) is 1.17. The van der Waals surface area contributed by atoms with E-state index in [2.05, 4.69) is 4.98 Å². The number of rotatable bonds is 5. The Hall–Kier alpha value is -4.19. The lowest BCUT2D eigenvalue weighted by atomic mass is 10.2. The Bertz CT molecular complexity index is 1210. The molecule has 3 rings (SSSR count). The largest absolute Gasteiger partial charge is 0.504 e. The van der Waals surface area contributed by atoms with Crippen LogP contribution in [0.2, 0.25) is 0 Å². The van der Waals surface area contributed by atoms with Crippen LogP contribution in [-0.4, -0.2) is 35.0 Å². The van der Waals surface area contributed by atoms with E-state index in [9.17, 15) is 18.7 Å². The third kappa shape index (κ3) is 4.53. The Morgan fingerprint density at radius 2 is 1.77 bits per heavy atom. The van der Waals surface area contributed by atoms with Gasteiger partial charge in [-0.05, 0) is 37.3 Å². The van der Waals surface area contributed by atoms with Crippen molar-refractivity contribution in [3.05, 3.63) is 70.8 Å². The number of phenols is 1. The van der Waals surface area contributed by atoms with Crippen LogP contribution in [0.5, 0.6) is 29.0 Å². The summed E-state index contributed by atoms with van der Waals surface area (Å²) in [7, 11) is 3.17. The zero-order valence-corrected chi connectivity index (χ0v) is 16.8. The molecule has 0 saturated heterocycles. The zero-order chi connectivity index (χ0) is 22.7. The fourth-order valence-electron chi connectivity index (χ4n) is 2.57.